The third-order valence-corrected chi connectivity index (χ3v) is 5.23. The summed E-state index contributed by atoms with van der Waals surface area (Å²) in [5.74, 6) is 1.85. The zero-order valence-electron chi connectivity index (χ0n) is 17.1. The van der Waals surface area contributed by atoms with Gasteiger partial charge in [-0.05, 0) is 60.3 Å². The summed E-state index contributed by atoms with van der Waals surface area (Å²) in [6.45, 7) is 2.09. The van der Waals surface area contributed by atoms with E-state index in [0.717, 1.165) is 16.8 Å². The Hall–Kier alpha value is -3.05. The summed E-state index contributed by atoms with van der Waals surface area (Å²) in [7, 11) is 4.84. The maximum atomic E-state index is 5.44. The molecule has 0 aliphatic carbocycles. The van der Waals surface area contributed by atoms with E-state index in [9.17, 15) is 0 Å². The molecule has 0 unspecified atom stereocenters. The Kier molecular flexibility index (Phi) is 7.09. The highest BCUT2D eigenvalue weighted by Gasteiger charge is 2.12. The van der Waals surface area contributed by atoms with Crippen molar-refractivity contribution in [2.75, 3.05) is 26.1 Å². The number of hydrogen-bond acceptors (Lipinski definition) is 5. The van der Waals surface area contributed by atoms with E-state index in [2.05, 4.69) is 54.1 Å². The molecule has 150 valence electrons. The Labute approximate surface area is 176 Å². The molecule has 0 amide bonds. The fourth-order valence-corrected chi connectivity index (χ4v) is 3.52. The third kappa shape index (κ3) is 5.27. The van der Waals surface area contributed by atoms with Crippen molar-refractivity contribution in [3.8, 4) is 17.2 Å². The van der Waals surface area contributed by atoms with Crippen molar-refractivity contribution in [1.29, 1.82) is 0 Å². The second kappa shape index (κ2) is 9.94. The average Bonchev–Trinajstić information content (AvgIpc) is 2.77. The van der Waals surface area contributed by atoms with E-state index in [1.807, 2.05) is 30.3 Å². The Morgan fingerprint density at radius 1 is 0.793 bits per heavy atom. The van der Waals surface area contributed by atoms with Crippen LogP contribution in [0.1, 0.15) is 16.7 Å². The monoisotopic (exact) mass is 407 g/mol. The second-order valence-corrected chi connectivity index (χ2v) is 7.28. The SMILES string of the molecule is COc1cc(/C=C\c2ccccc2NSc2ccc(C)cc2)cc(OC)c1OC. The summed E-state index contributed by atoms with van der Waals surface area (Å²) in [6, 6.07) is 20.5. The number of aryl methyl sites for hydroxylation is 1. The number of benzene rings is 3. The summed E-state index contributed by atoms with van der Waals surface area (Å²) in [4.78, 5) is 1.17. The molecule has 0 aliphatic rings. The number of hydrogen-bond donors (Lipinski definition) is 1. The van der Waals surface area contributed by atoms with Gasteiger partial charge in [-0.1, -0.05) is 48.0 Å². The maximum absolute atomic E-state index is 5.44. The van der Waals surface area contributed by atoms with E-state index < -0.39 is 0 Å². The molecule has 0 radical (unpaired) electrons. The minimum absolute atomic E-state index is 0.587. The van der Waals surface area contributed by atoms with Gasteiger partial charge in [0.1, 0.15) is 0 Å². The number of ether oxygens (including phenoxy) is 3. The van der Waals surface area contributed by atoms with Gasteiger partial charge in [0.25, 0.3) is 0 Å². The van der Waals surface area contributed by atoms with Crippen LogP contribution < -0.4 is 18.9 Å². The summed E-state index contributed by atoms with van der Waals surface area (Å²) < 4.78 is 19.7. The lowest BCUT2D eigenvalue weighted by molar-refractivity contribution is 0.324. The van der Waals surface area contributed by atoms with E-state index >= 15 is 0 Å². The predicted molar refractivity (Wildman–Crippen MR) is 122 cm³/mol. The lowest BCUT2D eigenvalue weighted by Crippen LogP contribution is -1.95. The van der Waals surface area contributed by atoms with Crippen LogP contribution in [0.15, 0.2) is 65.6 Å². The van der Waals surface area contributed by atoms with Gasteiger partial charge in [-0.15, -0.1) is 0 Å². The molecule has 3 rings (SSSR count). The zero-order chi connectivity index (χ0) is 20.6. The Bertz CT molecular complexity index is 959. The first-order chi connectivity index (χ1) is 14.1. The van der Waals surface area contributed by atoms with Crippen LogP contribution in [0.3, 0.4) is 0 Å². The largest absolute Gasteiger partial charge is 0.493 e. The van der Waals surface area contributed by atoms with Gasteiger partial charge in [-0.2, -0.15) is 0 Å². The molecular formula is C24H25NO3S. The first-order valence-electron chi connectivity index (χ1n) is 9.21. The van der Waals surface area contributed by atoms with Crippen LogP contribution in [-0.2, 0) is 0 Å². The number of para-hydroxylation sites is 1. The molecule has 0 bridgehead atoms. The zero-order valence-corrected chi connectivity index (χ0v) is 17.9. The van der Waals surface area contributed by atoms with Gasteiger partial charge in [-0.3, -0.25) is 0 Å². The molecule has 0 heterocycles. The Balaban J connectivity index is 1.81. The van der Waals surface area contributed by atoms with Gasteiger partial charge in [-0.25, -0.2) is 0 Å². The summed E-state index contributed by atoms with van der Waals surface area (Å²) in [5, 5.41) is 0. The van der Waals surface area contributed by atoms with Crippen LogP contribution in [0.25, 0.3) is 12.2 Å². The fourth-order valence-electron chi connectivity index (χ4n) is 2.84. The van der Waals surface area contributed by atoms with Gasteiger partial charge >= 0.3 is 0 Å². The quantitative estimate of drug-likeness (QED) is 0.350. The van der Waals surface area contributed by atoms with Gasteiger partial charge in [0.15, 0.2) is 11.5 Å². The van der Waals surface area contributed by atoms with E-state index in [1.54, 1.807) is 33.3 Å². The Morgan fingerprint density at radius 2 is 1.45 bits per heavy atom. The van der Waals surface area contributed by atoms with E-state index in [0.29, 0.717) is 17.2 Å². The van der Waals surface area contributed by atoms with Crippen molar-refractivity contribution in [3.63, 3.8) is 0 Å². The van der Waals surface area contributed by atoms with Gasteiger partial charge in [0.05, 0.1) is 27.0 Å². The van der Waals surface area contributed by atoms with Crippen molar-refractivity contribution < 1.29 is 14.2 Å². The number of nitrogens with one attached hydrogen (secondary N) is 1. The molecule has 1 N–H and O–H groups in total. The molecule has 4 nitrogen and oxygen atoms in total. The van der Waals surface area contributed by atoms with Crippen molar-refractivity contribution in [2.45, 2.75) is 11.8 Å². The molecule has 0 saturated carbocycles. The summed E-state index contributed by atoms with van der Waals surface area (Å²) in [5.41, 5.74) is 4.34. The predicted octanol–water partition coefficient (Wildman–Crippen LogP) is 6.31. The molecule has 0 spiro atoms. The lowest BCUT2D eigenvalue weighted by Gasteiger charge is -2.13. The second-order valence-electron chi connectivity index (χ2n) is 6.40. The summed E-state index contributed by atoms with van der Waals surface area (Å²) in [6.07, 6.45) is 4.10. The molecule has 0 fully saturated rings. The van der Waals surface area contributed by atoms with E-state index in [1.165, 1.54) is 10.5 Å². The number of anilines is 1. The Morgan fingerprint density at radius 3 is 2.07 bits per heavy atom. The van der Waals surface area contributed by atoms with Crippen LogP contribution in [0.5, 0.6) is 17.2 Å². The van der Waals surface area contributed by atoms with Gasteiger partial charge in [0.2, 0.25) is 5.75 Å². The minimum atomic E-state index is 0.587. The smallest absolute Gasteiger partial charge is 0.203 e. The molecule has 3 aromatic carbocycles. The van der Waals surface area contributed by atoms with Crippen molar-refractivity contribution in [3.05, 3.63) is 77.4 Å². The highest BCUT2D eigenvalue weighted by Crippen LogP contribution is 2.38. The van der Waals surface area contributed by atoms with Gasteiger partial charge in [0, 0.05) is 4.90 Å². The molecule has 0 aromatic heterocycles. The maximum Gasteiger partial charge on any atom is 0.203 e. The molecule has 0 atom stereocenters. The third-order valence-electron chi connectivity index (χ3n) is 4.40. The van der Waals surface area contributed by atoms with Crippen LogP contribution >= 0.6 is 11.9 Å². The molecule has 5 heteroatoms. The standard InChI is InChI=1S/C24H25NO3S/c1-17-9-13-20(14-10-17)29-25-21-8-6-5-7-19(21)12-11-18-15-22(26-2)24(28-4)23(16-18)27-3/h5-16,25H,1-4H3/b12-11-. The normalized spacial score (nSPS) is 10.8. The first-order valence-corrected chi connectivity index (χ1v) is 10.0. The molecular weight excluding hydrogens is 382 g/mol. The number of rotatable bonds is 8. The first kappa shape index (κ1) is 20.7. The number of methoxy groups -OCH3 is 3. The lowest BCUT2D eigenvalue weighted by atomic mass is 10.1. The highest BCUT2D eigenvalue weighted by atomic mass is 32.2. The van der Waals surface area contributed by atoms with Crippen LogP contribution in [0.4, 0.5) is 5.69 Å². The minimum Gasteiger partial charge on any atom is -0.493 e. The van der Waals surface area contributed by atoms with Crippen LogP contribution in [0.2, 0.25) is 0 Å². The fraction of sp³-hybridized carbons (Fsp3) is 0.167. The summed E-state index contributed by atoms with van der Waals surface area (Å²) >= 11 is 1.59. The van der Waals surface area contributed by atoms with Gasteiger partial charge < -0.3 is 18.9 Å². The van der Waals surface area contributed by atoms with Crippen LogP contribution in [0, 0.1) is 6.92 Å². The van der Waals surface area contributed by atoms with Crippen LogP contribution in [-0.4, -0.2) is 21.3 Å². The molecule has 0 aliphatic heterocycles. The highest BCUT2D eigenvalue weighted by molar-refractivity contribution is 8.00. The topological polar surface area (TPSA) is 39.7 Å². The molecule has 3 aromatic rings. The van der Waals surface area contributed by atoms with E-state index in [-0.39, 0.29) is 0 Å². The van der Waals surface area contributed by atoms with Crippen molar-refractivity contribution in [2.24, 2.45) is 0 Å². The average molecular weight is 408 g/mol. The van der Waals surface area contributed by atoms with E-state index in [4.69, 9.17) is 14.2 Å². The molecule has 29 heavy (non-hydrogen) atoms. The van der Waals surface area contributed by atoms with Crippen molar-refractivity contribution >= 4 is 29.8 Å². The van der Waals surface area contributed by atoms with Crippen molar-refractivity contribution in [1.82, 2.24) is 0 Å². The molecule has 0 saturated heterocycles.